The summed E-state index contributed by atoms with van der Waals surface area (Å²) in [6.07, 6.45) is 5.29. The molecule has 4 heteroatoms. The lowest BCUT2D eigenvalue weighted by atomic mass is 9.76. The van der Waals surface area contributed by atoms with Crippen molar-refractivity contribution in [3.63, 3.8) is 0 Å². The maximum absolute atomic E-state index is 13.7. The molecule has 0 saturated carbocycles. The fourth-order valence-electron chi connectivity index (χ4n) is 3.93. The van der Waals surface area contributed by atoms with Crippen LogP contribution in [0.5, 0.6) is 0 Å². The van der Waals surface area contributed by atoms with Crippen LogP contribution in [0.25, 0.3) is 0 Å². The number of esters is 1. The first-order chi connectivity index (χ1) is 11.7. The lowest BCUT2D eigenvalue weighted by molar-refractivity contribution is 0.0601. The van der Waals surface area contributed by atoms with Crippen LogP contribution in [0.3, 0.4) is 0 Å². The molecule has 3 nitrogen and oxygen atoms in total. The van der Waals surface area contributed by atoms with Crippen LogP contribution in [0.4, 0.5) is 10.1 Å². The molecule has 24 heavy (non-hydrogen) atoms. The van der Waals surface area contributed by atoms with E-state index in [2.05, 4.69) is 17.5 Å². The summed E-state index contributed by atoms with van der Waals surface area (Å²) < 4.78 is 18.6. The van der Waals surface area contributed by atoms with Gasteiger partial charge in [-0.3, -0.25) is 0 Å². The first-order valence-corrected chi connectivity index (χ1v) is 8.09. The third-order valence-electron chi connectivity index (χ3n) is 5.01. The minimum Gasteiger partial charge on any atom is -0.465 e. The van der Waals surface area contributed by atoms with Gasteiger partial charge in [-0.05, 0) is 41.7 Å². The Morgan fingerprint density at radius 1 is 1.25 bits per heavy atom. The molecule has 1 aliphatic heterocycles. The molecule has 4 rings (SSSR count). The molecule has 3 atom stereocenters. The molecule has 2 aromatic rings. The second-order valence-electron chi connectivity index (χ2n) is 6.29. The number of para-hydroxylation sites is 1. The monoisotopic (exact) mass is 323 g/mol. The first kappa shape index (κ1) is 14.9. The van der Waals surface area contributed by atoms with Crippen molar-refractivity contribution < 1.29 is 13.9 Å². The van der Waals surface area contributed by atoms with Crippen molar-refractivity contribution in [1.82, 2.24) is 0 Å². The summed E-state index contributed by atoms with van der Waals surface area (Å²) in [4.78, 5) is 12.1. The first-order valence-electron chi connectivity index (χ1n) is 8.09. The van der Waals surface area contributed by atoms with Crippen molar-refractivity contribution in [3.05, 3.63) is 77.1 Å². The van der Waals surface area contributed by atoms with E-state index in [9.17, 15) is 9.18 Å². The Morgan fingerprint density at radius 2 is 2.08 bits per heavy atom. The Balaban J connectivity index is 1.84. The second kappa shape index (κ2) is 5.78. The van der Waals surface area contributed by atoms with E-state index in [1.54, 1.807) is 18.2 Å². The van der Waals surface area contributed by atoms with E-state index in [4.69, 9.17) is 4.74 Å². The summed E-state index contributed by atoms with van der Waals surface area (Å²) in [6, 6.07) is 12.3. The standard InChI is InChI=1S/C20H18FNO2/c1-24-20(23)17-10-4-9-16-14-7-3-8-15(14)18(22-19(16)17)12-5-2-6-13(21)11-12/h2-7,9-11,14-15,18,22H,8H2,1H3/t14-,15+,18+/m0/s1. The summed E-state index contributed by atoms with van der Waals surface area (Å²) in [5, 5.41) is 3.49. The molecule has 0 radical (unpaired) electrons. The lowest BCUT2D eigenvalue weighted by Gasteiger charge is -2.38. The molecule has 0 fully saturated rings. The smallest absolute Gasteiger partial charge is 0.339 e. The minimum atomic E-state index is -0.363. The van der Waals surface area contributed by atoms with Crippen molar-refractivity contribution in [2.24, 2.45) is 5.92 Å². The number of hydrogen-bond acceptors (Lipinski definition) is 3. The summed E-state index contributed by atoms with van der Waals surface area (Å²) in [6.45, 7) is 0. The number of anilines is 1. The van der Waals surface area contributed by atoms with E-state index in [0.29, 0.717) is 11.5 Å². The zero-order chi connectivity index (χ0) is 16.7. The number of benzene rings is 2. The van der Waals surface area contributed by atoms with Crippen LogP contribution in [0.2, 0.25) is 0 Å². The maximum Gasteiger partial charge on any atom is 0.339 e. The van der Waals surface area contributed by atoms with Crippen molar-refractivity contribution in [3.8, 4) is 0 Å². The summed E-state index contributed by atoms with van der Waals surface area (Å²) in [5.74, 6) is -0.0760. The highest BCUT2D eigenvalue weighted by Gasteiger charge is 2.39. The third kappa shape index (κ3) is 2.30. The molecule has 0 spiro atoms. The van der Waals surface area contributed by atoms with E-state index in [-0.39, 0.29) is 23.7 Å². The predicted molar refractivity (Wildman–Crippen MR) is 90.5 cm³/mol. The normalized spacial score (nSPS) is 24.0. The van der Waals surface area contributed by atoms with Gasteiger partial charge in [-0.25, -0.2) is 9.18 Å². The summed E-state index contributed by atoms with van der Waals surface area (Å²) >= 11 is 0. The van der Waals surface area contributed by atoms with Gasteiger partial charge in [0.1, 0.15) is 5.82 Å². The molecule has 2 aliphatic rings. The van der Waals surface area contributed by atoms with Crippen molar-refractivity contribution in [2.75, 3.05) is 12.4 Å². The SMILES string of the molecule is COC(=O)c1cccc2c1N[C@H](c1cccc(F)c1)[C@@H]1CC=C[C@H]21. The highest BCUT2D eigenvalue weighted by molar-refractivity contribution is 5.97. The van der Waals surface area contributed by atoms with Gasteiger partial charge in [-0.15, -0.1) is 0 Å². The Labute approximate surface area is 140 Å². The molecule has 1 aliphatic carbocycles. The van der Waals surface area contributed by atoms with Crippen LogP contribution in [0, 0.1) is 11.7 Å². The number of hydrogen-bond donors (Lipinski definition) is 1. The fourth-order valence-corrected chi connectivity index (χ4v) is 3.93. The van der Waals surface area contributed by atoms with Crippen molar-refractivity contribution >= 4 is 11.7 Å². The van der Waals surface area contributed by atoms with Crippen LogP contribution < -0.4 is 5.32 Å². The molecule has 0 amide bonds. The number of allylic oxidation sites excluding steroid dienone is 2. The maximum atomic E-state index is 13.7. The topological polar surface area (TPSA) is 38.3 Å². The van der Waals surface area contributed by atoms with Crippen molar-refractivity contribution in [1.29, 1.82) is 0 Å². The van der Waals surface area contributed by atoms with E-state index < -0.39 is 0 Å². The van der Waals surface area contributed by atoms with Crippen molar-refractivity contribution in [2.45, 2.75) is 18.4 Å². The summed E-state index contributed by atoms with van der Waals surface area (Å²) in [7, 11) is 1.38. The van der Waals surface area contributed by atoms with Gasteiger partial charge >= 0.3 is 5.97 Å². The van der Waals surface area contributed by atoms with Gasteiger partial charge in [0.05, 0.1) is 24.4 Å². The molecule has 122 valence electrons. The largest absolute Gasteiger partial charge is 0.465 e. The fraction of sp³-hybridized carbons (Fsp3) is 0.250. The third-order valence-corrected chi connectivity index (χ3v) is 5.01. The van der Waals surface area contributed by atoms with Gasteiger partial charge in [-0.2, -0.15) is 0 Å². The number of nitrogens with one attached hydrogen (secondary N) is 1. The van der Waals surface area contributed by atoms with Gasteiger partial charge in [0.2, 0.25) is 0 Å². The Kier molecular flexibility index (Phi) is 3.60. The molecule has 2 aromatic carbocycles. The van der Waals surface area contributed by atoms with Gasteiger partial charge in [0.15, 0.2) is 0 Å². The van der Waals surface area contributed by atoms with Gasteiger partial charge < -0.3 is 10.1 Å². The van der Waals surface area contributed by atoms with Crippen LogP contribution >= 0.6 is 0 Å². The zero-order valence-electron chi connectivity index (χ0n) is 13.3. The molecular formula is C20H18FNO2. The molecule has 1 heterocycles. The molecule has 0 bridgehead atoms. The predicted octanol–water partition coefficient (Wildman–Crippen LogP) is 4.44. The average molecular weight is 323 g/mol. The van der Waals surface area contributed by atoms with E-state index in [1.807, 2.05) is 18.2 Å². The van der Waals surface area contributed by atoms with Crippen LogP contribution in [-0.2, 0) is 4.74 Å². The number of methoxy groups -OCH3 is 1. The number of carbonyl (C=O) groups is 1. The van der Waals surface area contributed by atoms with Crippen LogP contribution in [0.1, 0.15) is 39.9 Å². The van der Waals surface area contributed by atoms with Gasteiger partial charge in [0, 0.05) is 5.92 Å². The number of carbonyl (C=O) groups excluding carboxylic acids is 1. The zero-order valence-corrected chi connectivity index (χ0v) is 13.3. The Hall–Kier alpha value is -2.62. The Bertz CT molecular complexity index is 830. The molecular weight excluding hydrogens is 305 g/mol. The Morgan fingerprint density at radius 3 is 2.88 bits per heavy atom. The summed E-state index contributed by atoms with van der Waals surface area (Å²) in [5.41, 5.74) is 3.32. The highest BCUT2D eigenvalue weighted by atomic mass is 19.1. The lowest BCUT2D eigenvalue weighted by Crippen LogP contribution is -2.30. The quantitative estimate of drug-likeness (QED) is 0.656. The molecule has 1 N–H and O–H groups in total. The van der Waals surface area contributed by atoms with E-state index in [0.717, 1.165) is 23.2 Å². The highest BCUT2D eigenvalue weighted by Crippen LogP contribution is 2.50. The van der Waals surface area contributed by atoms with Crippen LogP contribution in [-0.4, -0.2) is 13.1 Å². The number of halogens is 1. The molecule has 0 aromatic heterocycles. The van der Waals surface area contributed by atoms with Gasteiger partial charge in [-0.1, -0.05) is 36.4 Å². The number of fused-ring (bicyclic) bond motifs is 3. The average Bonchev–Trinajstić information content (AvgIpc) is 3.09. The number of ether oxygens (including phenoxy) is 1. The van der Waals surface area contributed by atoms with Crippen LogP contribution in [0.15, 0.2) is 54.6 Å². The number of rotatable bonds is 2. The minimum absolute atomic E-state index is 0.0426. The molecule has 0 saturated heterocycles. The molecule has 0 unspecified atom stereocenters. The van der Waals surface area contributed by atoms with Gasteiger partial charge in [0.25, 0.3) is 0 Å². The van der Waals surface area contributed by atoms with E-state index in [1.165, 1.54) is 13.2 Å². The van der Waals surface area contributed by atoms with E-state index >= 15 is 0 Å². The second-order valence-corrected chi connectivity index (χ2v) is 6.29.